The quantitative estimate of drug-likeness (QED) is 0.645. The highest BCUT2D eigenvalue weighted by Crippen LogP contribution is 2.10. The molecule has 0 aliphatic rings. The Hall–Kier alpha value is -1.70. The molecule has 0 fully saturated rings. The molecule has 0 unspecified atom stereocenters. The Morgan fingerprint density at radius 2 is 1.50 bits per heavy atom. The molecule has 1 aromatic carbocycles. The van der Waals surface area contributed by atoms with Crippen molar-refractivity contribution in [2.24, 2.45) is 0 Å². The first-order valence-corrected chi connectivity index (χ1v) is 5.34. The maximum atomic E-state index is 13.7. The van der Waals surface area contributed by atoms with E-state index in [1.807, 2.05) is 31.4 Å². The maximum Gasteiger partial charge on any atom is 0.246 e. The normalized spacial score (nSPS) is 10.5. The number of aromatic nitrogens is 1. The van der Waals surface area contributed by atoms with Gasteiger partial charge in [0, 0.05) is 32.0 Å². The van der Waals surface area contributed by atoms with Crippen molar-refractivity contribution in [2.75, 3.05) is 0 Å². The molecule has 0 saturated heterocycles. The van der Waals surface area contributed by atoms with Gasteiger partial charge in [-0.1, -0.05) is 12.1 Å². The smallest absolute Gasteiger partial charge is 0.200 e. The van der Waals surface area contributed by atoms with Gasteiger partial charge >= 0.3 is 0 Å². The van der Waals surface area contributed by atoms with Crippen molar-refractivity contribution in [3.05, 3.63) is 59.2 Å². The standard InChI is InChI=1S/C14H15FN/c1-10-8-11(2)16(12(3)9-10)14-7-5-4-6-13(14)15/h4-9H,1-3H3/q+1. The van der Waals surface area contributed by atoms with E-state index in [1.54, 1.807) is 12.1 Å². The molecule has 82 valence electrons. The molecule has 2 heteroatoms. The van der Waals surface area contributed by atoms with Gasteiger partial charge in [0.15, 0.2) is 17.2 Å². The Bertz CT molecular complexity index is 509. The Kier molecular flexibility index (Phi) is 2.73. The predicted molar refractivity (Wildman–Crippen MR) is 62.1 cm³/mol. The lowest BCUT2D eigenvalue weighted by atomic mass is 10.2. The molecule has 1 aromatic heterocycles. The minimum Gasteiger partial charge on any atom is -0.200 e. The summed E-state index contributed by atoms with van der Waals surface area (Å²) >= 11 is 0. The second-order valence-corrected chi connectivity index (χ2v) is 4.10. The van der Waals surface area contributed by atoms with E-state index in [0.717, 1.165) is 11.4 Å². The van der Waals surface area contributed by atoms with Gasteiger partial charge < -0.3 is 0 Å². The summed E-state index contributed by atoms with van der Waals surface area (Å²) in [6.45, 7) is 6.03. The van der Waals surface area contributed by atoms with Gasteiger partial charge in [-0.25, -0.2) is 0 Å². The number of aryl methyl sites for hydroxylation is 3. The molecule has 2 aromatic rings. The van der Waals surface area contributed by atoms with E-state index in [9.17, 15) is 4.39 Å². The van der Waals surface area contributed by atoms with Crippen LogP contribution in [0.4, 0.5) is 4.39 Å². The number of para-hydroxylation sites is 1. The first-order valence-electron chi connectivity index (χ1n) is 5.34. The zero-order chi connectivity index (χ0) is 11.7. The van der Waals surface area contributed by atoms with E-state index in [0.29, 0.717) is 5.69 Å². The highest BCUT2D eigenvalue weighted by atomic mass is 19.1. The highest BCUT2D eigenvalue weighted by molar-refractivity contribution is 5.26. The van der Waals surface area contributed by atoms with Crippen LogP contribution < -0.4 is 4.57 Å². The summed E-state index contributed by atoms with van der Waals surface area (Å²) in [7, 11) is 0. The SMILES string of the molecule is Cc1cc(C)[n+](-c2ccccc2F)c(C)c1. The second-order valence-electron chi connectivity index (χ2n) is 4.10. The lowest BCUT2D eigenvalue weighted by Crippen LogP contribution is -2.38. The third-order valence-corrected chi connectivity index (χ3v) is 2.67. The van der Waals surface area contributed by atoms with Crippen molar-refractivity contribution in [3.8, 4) is 5.69 Å². The Morgan fingerprint density at radius 3 is 2.06 bits per heavy atom. The van der Waals surface area contributed by atoms with Gasteiger partial charge in [-0.3, -0.25) is 0 Å². The van der Waals surface area contributed by atoms with E-state index in [4.69, 9.17) is 0 Å². The van der Waals surface area contributed by atoms with Gasteiger partial charge in [-0.05, 0) is 18.6 Å². The van der Waals surface area contributed by atoms with Gasteiger partial charge in [-0.2, -0.15) is 8.96 Å². The lowest BCUT2D eigenvalue weighted by Gasteiger charge is -2.05. The summed E-state index contributed by atoms with van der Waals surface area (Å²) < 4.78 is 15.6. The molecule has 0 aliphatic heterocycles. The van der Waals surface area contributed by atoms with Crippen molar-refractivity contribution in [2.45, 2.75) is 20.8 Å². The van der Waals surface area contributed by atoms with Crippen molar-refractivity contribution in [1.82, 2.24) is 0 Å². The average Bonchev–Trinajstić information content (AvgIpc) is 2.19. The molecule has 0 aliphatic carbocycles. The van der Waals surface area contributed by atoms with Gasteiger partial charge in [0.25, 0.3) is 0 Å². The molecule has 1 nitrogen and oxygen atoms in total. The average molecular weight is 216 g/mol. The molecule has 16 heavy (non-hydrogen) atoms. The number of nitrogens with zero attached hydrogens (tertiary/aromatic N) is 1. The molecule has 0 radical (unpaired) electrons. The molecule has 0 atom stereocenters. The Balaban J connectivity index is 2.70. The van der Waals surface area contributed by atoms with Gasteiger partial charge in [0.05, 0.1) is 0 Å². The van der Waals surface area contributed by atoms with Crippen LogP contribution in [-0.2, 0) is 0 Å². The summed E-state index contributed by atoms with van der Waals surface area (Å²) in [5.41, 5.74) is 3.89. The number of rotatable bonds is 1. The molecule has 0 amide bonds. The van der Waals surface area contributed by atoms with Crippen LogP contribution in [0.2, 0.25) is 0 Å². The van der Waals surface area contributed by atoms with Gasteiger partial charge in [0.2, 0.25) is 5.69 Å². The molecule has 0 N–H and O–H groups in total. The third kappa shape index (κ3) is 1.83. The molecular weight excluding hydrogens is 201 g/mol. The Morgan fingerprint density at radius 1 is 0.938 bits per heavy atom. The molecule has 0 saturated carbocycles. The summed E-state index contributed by atoms with van der Waals surface area (Å²) in [5, 5.41) is 0. The van der Waals surface area contributed by atoms with Crippen LogP contribution in [0.3, 0.4) is 0 Å². The first-order chi connectivity index (χ1) is 7.59. The number of hydrogen-bond donors (Lipinski definition) is 0. The minimum atomic E-state index is -0.192. The molecule has 0 spiro atoms. The maximum absolute atomic E-state index is 13.7. The largest absolute Gasteiger partial charge is 0.246 e. The van der Waals surface area contributed by atoms with E-state index >= 15 is 0 Å². The van der Waals surface area contributed by atoms with E-state index < -0.39 is 0 Å². The number of halogens is 1. The topological polar surface area (TPSA) is 3.88 Å². The predicted octanol–water partition coefficient (Wildman–Crippen LogP) is 3.03. The third-order valence-electron chi connectivity index (χ3n) is 2.67. The van der Waals surface area contributed by atoms with Crippen LogP contribution in [0.1, 0.15) is 17.0 Å². The molecular formula is C14H15FN+. The monoisotopic (exact) mass is 216 g/mol. The summed E-state index contributed by atoms with van der Waals surface area (Å²) in [6.07, 6.45) is 0. The van der Waals surface area contributed by atoms with Crippen LogP contribution in [0, 0.1) is 26.6 Å². The lowest BCUT2D eigenvalue weighted by molar-refractivity contribution is -0.611. The van der Waals surface area contributed by atoms with Crippen molar-refractivity contribution in [1.29, 1.82) is 0 Å². The molecule has 1 heterocycles. The van der Waals surface area contributed by atoms with Crippen molar-refractivity contribution in [3.63, 3.8) is 0 Å². The van der Waals surface area contributed by atoms with E-state index in [1.165, 1.54) is 11.6 Å². The van der Waals surface area contributed by atoms with Crippen LogP contribution in [0.5, 0.6) is 0 Å². The number of benzene rings is 1. The van der Waals surface area contributed by atoms with Crippen molar-refractivity contribution >= 4 is 0 Å². The number of pyridine rings is 1. The van der Waals surface area contributed by atoms with Crippen LogP contribution in [0.15, 0.2) is 36.4 Å². The minimum absolute atomic E-state index is 0.192. The van der Waals surface area contributed by atoms with Gasteiger partial charge in [0.1, 0.15) is 0 Å². The number of hydrogen-bond acceptors (Lipinski definition) is 0. The molecule has 0 bridgehead atoms. The first kappa shape index (κ1) is 10.8. The van der Waals surface area contributed by atoms with E-state index in [-0.39, 0.29) is 5.82 Å². The highest BCUT2D eigenvalue weighted by Gasteiger charge is 2.18. The summed E-state index contributed by atoms with van der Waals surface area (Å²) in [5.74, 6) is -0.192. The van der Waals surface area contributed by atoms with E-state index in [2.05, 4.69) is 12.1 Å². The fraction of sp³-hybridized carbons (Fsp3) is 0.214. The Labute approximate surface area is 95.2 Å². The van der Waals surface area contributed by atoms with Crippen LogP contribution in [0.25, 0.3) is 5.69 Å². The fourth-order valence-electron chi connectivity index (χ4n) is 2.12. The summed E-state index contributed by atoms with van der Waals surface area (Å²) in [4.78, 5) is 0. The zero-order valence-electron chi connectivity index (χ0n) is 9.79. The second kappa shape index (κ2) is 4.05. The summed E-state index contributed by atoms with van der Waals surface area (Å²) in [6, 6.07) is 11.0. The zero-order valence-corrected chi connectivity index (χ0v) is 9.79. The van der Waals surface area contributed by atoms with Crippen LogP contribution >= 0.6 is 0 Å². The van der Waals surface area contributed by atoms with Gasteiger partial charge in [-0.15, -0.1) is 0 Å². The molecule has 2 rings (SSSR count). The van der Waals surface area contributed by atoms with Crippen molar-refractivity contribution < 1.29 is 8.96 Å². The van der Waals surface area contributed by atoms with Crippen LogP contribution in [-0.4, -0.2) is 0 Å². The fourth-order valence-corrected chi connectivity index (χ4v) is 2.12.